The first-order valence-corrected chi connectivity index (χ1v) is 46.7. The number of unbranched alkanes of at least 4 members (excludes halogenated alkanes) is 47. The van der Waals surface area contributed by atoms with Crippen LogP contribution in [0.1, 0.15) is 441 Å². The smallest absolute Gasteiger partial charge is 0.462 e. The van der Waals surface area contributed by atoms with Crippen LogP contribution in [0.15, 0.2) is 0 Å². The normalized spacial score (nSPS) is 14.2. The molecule has 618 valence electrons. The van der Waals surface area contributed by atoms with E-state index in [-0.39, 0.29) is 25.7 Å². The fourth-order valence-corrected chi connectivity index (χ4v) is 14.7. The Kier molecular flexibility index (Phi) is 72.5. The van der Waals surface area contributed by atoms with Crippen LogP contribution in [0.25, 0.3) is 0 Å². The van der Waals surface area contributed by atoms with Gasteiger partial charge in [0.1, 0.15) is 19.3 Å². The van der Waals surface area contributed by atoms with Crippen molar-refractivity contribution in [3.63, 3.8) is 0 Å². The summed E-state index contributed by atoms with van der Waals surface area (Å²) >= 11 is 0. The summed E-state index contributed by atoms with van der Waals surface area (Å²) in [6.07, 6.45) is 62.5. The lowest BCUT2D eigenvalue weighted by atomic mass is 10.00. The van der Waals surface area contributed by atoms with Gasteiger partial charge in [0.05, 0.1) is 26.4 Å². The van der Waals surface area contributed by atoms with E-state index in [2.05, 4.69) is 55.4 Å². The molecule has 0 fully saturated rings. The molecule has 0 spiro atoms. The number of esters is 4. The first kappa shape index (κ1) is 102. The molecule has 6 atom stereocenters. The molecule has 0 bridgehead atoms. The lowest BCUT2D eigenvalue weighted by molar-refractivity contribution is -0.161. The van der Waals surface area contributed by atoms with E-state index in [4.69, 9.17) is 37.0 Å². The highest BCUT2D eigenvalue weighted by atomic mass is 31.2. The predicted octanol–water partition coefficient (Wildman–Crippen LogP) is 25.6. The van der Waals surface area contributed by atoms with Crippen molar-refractivity contribution >= 4 is 39.5 Å². The molecular weight excluding hydrogens is 1350 g/mol. The molecular formula is C85H166O17P2. The molecule has 104 heavy (non-hydrogen) atoms. The zero-order valence-electron chi connectivity index (χ0n) is 68.7. The number of hydrogen-bond donors (Lipinski definition) is 3. The fourth-order valence-electron chi connectivity index (χ4n) is 13.1. The average molecular weight is 1520 g/mol. The standard InChI is InChI=1S/C85H166O17P2/c1-9-78(8)64-56-48-43-44-50-58-66-83(88)96-72-81(102-85(90)68-60-52-42-36-30-24-18-21-27-33-39-47-55-63-77(6)7)74-100-104(93,94)98-70-79(86)69-97-103(91,92)99-73-80(101-84(89)67-59-51-41-35-29-23-17-16-20-26-32-38-46-54-62-76(4)5)71-95-82(87)65-57-49-40-34-28-22-15-13-11-10-12-14-19-25-31-37-45-53-61-75(2)3/h75-81,86H,9-74H2,1-8H3,(H,91,92)(H,93,94)/t78?,79-,80-,81-/m1/s1. The maximum atomic E-state index is 13.1. The molecule has 0 radical (unpaired) electrons. The molecule has 0 aliphatic carbocycles. The summed E-state index contributed by atoms with van der Waals surface area (Å²) < 4.78 is 68.8. The van der Waals surface area contributed by atoms with Crippen LogP contribution < -0.4 is 0 Å². The van der Waals surface area contributed by atoms with E-state index in [1.165, 1.54) is 238 Å². The Morgan fingerprint density at radius 3 is 0.683 bits per heavy atom. The largest absolute Gasteiger partial charge is 0.472 e. The SMILES string of the molecule is CCC(C)CCCCCCCCC(=O)OC[C@H](COP(=O)(O)OC[C@H](O)COP(=O)(O)OC[C@@H](COC(=O)CCCCCCCCCCCCCCCCCCCCC(C)C)OC(=O)CCCCCCCCCCCCCCCCC(C)C)OC(=O)CCCCCCCCCCCCCCCC(C)C. The van der Waals surface area contributed by atoms with Crippen LogP contribution in [0.3, 0.4) is 0 Å². The van der Waals surface area contributed by atoms with Crippen molar-refractivity contribution < 1.29 is 80.2 Å². The van der Waals surface area contributed by atoms with Crippen molar-refractivity contribution in [3.8, 4) is 0 Å². The first-order chi connectivity index (χ1) is 50.1. The van der Waals surface area contributed by atoms with E-state index in [9.17, 15) is 43.2 Å². The van der Waals surface area contributed by atoms with Crippen molar-refractivity contribution in [2.45, 2.75) is 459 Å². The van der Waals surface area contributed by atoms with E-state index < -0.39 is 97.5 Å². The first-order valence-electron chi connectivity index (χ1n) is 43.7. The van der Waals surface area contributed by atoms with Gasteiger partial charge >= 0.3 is 39.5 Å². The minimum atomic E-state index is -4.97. The monoisotopic (exact) mass is 1520 g/mol. The Morgan fingerprint density at radius 2 is 0.462 bits per heavy atom. The van der Waals surface area contributed by atoms with Gasteiger partial charge in [-0.2, -0.15) is 0 Å². The van der Waals surface area contributed by atoms with Gasteiger partial charge in [-0.1, -0.05) is 389 Å². The second-order valence-electron chi connectivity index (χ2n) is 32.2. The molecule has 17 nitrogen and oxygen atoms in total. The Balaban J connectivity index is 5.23. The lowest BCUT2D eigenvalue weighted by Crippen LogP contribution is -2.30. The molecule has 3 unspecified atom stereocenters. The molecule has 0 aromatic heterocycles. The fraction of sp³-hybridized carbons (Fsp3) is 0.953. The highest BCUT2D eigenvalue weighted by molar-refractivity contribution is 7.47. The topological polar surface area (TPSA) is 237 Å². The molecule has 0 saturated carbocycles. The Labute approximate surface area is 638 Å². The van der Waals surface area contributed by atoms with Crippen molar-refractivity contribution in [3.05, 3.63) is 0 Å². The van der Waals surface area contributed by atoms with Gasteiger partial charge in [-0.05, 0) is 49.4 Å². The maximum Gasteiger partial charge on any atom is 0.472 e. The summed E-state index contributed by atoms with van der Waals surface area (Å²) in [6.45, 7) is 14.3. The van der Waals surface area contributed by atoms with Gasteiger partial charge in [-0.3, -0.25) is 37.3 Å². The lowest BCUT2D eigenvalue weighted by Gasteiger charge is -2.21. The number of rotatable bonds is 82. The Morgan fingerprint density at radius 1 is 0.269 bits per heavy atom. The van der Waals surface area contributed by atoms with E-state index in [0.717, 1.165) is 120 Å². The van der Waals surface area contributed by atoms with E-state index in [1.54, 1.807) is 0 Å². The highest BCUT2D eigenvalue weighted by Crippen LogP contribution is 2.45. The molecule has 0 amide bonds. The minimum absolute atomic E-state index is 0.106. The van der Waals surface area contributed by atoms with Crippen molar-refractivity contribution in [2.24, 2.45) is 23.7 Å². The number of carbonyl (C=O) groups is 4. The summed E-state index contributed by atoms with van der Waals surface area (Å²) in [7, 11) is -9.93. The van der Waals surface area contributed by atoms with Crippen LogP contribution >= 0.6 is 15.6 Å². The molecule has 0 saturated heterocycles. The summed E-state index contributed by atoms with van der Waals surface area (Å²) in [4.78, 5) is 73.2. The number of hydrogen-bond acceptors (Lipinski definition) is 15. The molecule has 0 aromatic rings. The molecule has 0 heterocycles. The van der Waals surface area contributed by atoms with Crippen LogP contribution in [-0.4, -0.2) is 96.7 Å². The van der Waals surface area contributed by atoms with Gasteiger partial charge in [0.2, 0.25) is 0 Å². The predicted molar refractivity (Wildman–Crippen MR) is 428 cm³/mol. The number of aliphatic hydroxyl groups is 1. The molecule has 19 heteroatoms. The van der Waals surface area contributed by atoms with Gasteiger partial charge in [-0.15, -0.1) is 0 Å². The van der Waals surface area contributed by atoms with Gasteiger partial charge in [0, 0.05) is 25.7 Å². The van der Waals surface area contributed by atoms with Crippen LogP contribution in [0, 0.1) is 23.7 Å². The van der Waals surface area contributed by atoms with Crippen LogP contribution in [0.2, 0.25) is 0 Å². The highest BCUT2D eigenvalue weighted by Gasteiger charge is 2.30. The second kappa shape index (κ2) is 73.8. The summed E-state index contributed by atoms with van der Waals surface area (Å²) in [5, 5.41) is 10.7. The molecule has 0 aliphatic heterocycles. The molecule has 3 N–H and O–H groups in total. The van der Waals surface area contributed by atoms with Gasteiger partial charge < -0.3 is 33.8 Å². The average Bonchev–Trinajstić information content (AvgIpc) is 0.907. The Hall–Kier alpha value is -1.94. The molecule has 0 aromatic carbocycles. The van der Waals surface area contributed by atoms with Crippen molar-refractivity contribution in [1.29, 1.82) is 0 Å². The summed E-state index contributed by atoms with van der Waals surface area (Å²) in [5.74, 6) is 1.03. The van der Waals surface area contributed by atoms with Crippen LogP contribution in [-0.2, 0) is 65.4 Å². The number of carbonyl (C=O) groups excluding carboxylic acids is 4. The zero-order valence-corrected chi connectivity index (χ0v) is 70.5. The van der Waals surface area contributed by atoms with Crippen molar-refractivity contribution in [1.82, 2.24) is 0 Å². The van der Waals surface area contributed by atoms with Gasteiger partial charge in [-0.25, -0.2) is 9.13 Å². The van der Waals surface area contributed by atoms with E-state index >= 15 is 0 Å². The quantitative estimate of drug-likeness (QED) is 0.0222. The maximum absolute atomic E-state index is 13.1. The number of ether oxygens (including phenoxy) is 4. The number of phosphoric acid groups is 2. The van der Waals surface area contributed by atoms with E-state index in [1.807, 2.05) is 0 Å². The summed E-state index contributed by atoms with van der Waals surface area (Å²) in [6, 6.07) is 0. The van der Waals surface area contributed by atoms with Crippen LogP contribution in [0.4, 0.5) is 0 Å². The molecule has 0 rings (SSSR count). The second-order valence-corrected chi connectivity index (χ2v) is 35.2. The van der Waals surface area contributed by atoms with E-state index in [0.29, 0.717) is 25.7 Å². The van der Waals surface area contributed by atoms with Gasteiger partial charge in [0.25, 0.3) is 0 Å². The summed E-state index contributed by atoms with van der Waals surface area (Å²) in [5.41, 5.74) is 0. The Bertz CT molecular complexity index is 2030. The third-order valence-corrected chi connectivity index (χ3v) is 22.1. The van der Waals surface area contributed by atoms with Crippen LogP contribution in [0.5, 0.6) is 0 Å². The third kappa shape index (κ3) is 76.8. The zero-order chi connectivity index (χ0) is 76.7. The number of aliphatic hydroxyl groups excluding tert-OH is 1. The number of phosphoric ester groups is 2. The third-order valence-electron chi connectivity index (χ3n) is 20.2. The van der Waals surface area contributed by atoms with Gasteiger partial charge in [0.15, 0.2) is 12.2 Å². The molecule has 0 aliphatic rings. The minimum Gasteiger partial charge on any atom is -0.462 e. The van der Waals surface area contributed by atoms with Crippen molar-refractivity contribution in [2.75, 3.05) is 39.6 Å².